The second-order valence-corrected chi connectivity index (χ2v) is 10.3. The lowest BCUT2D eigenvalue weighted by Crippen LogP contribution is -2.30. The summed E-state index contributed by atoms with van der Waals surface area (Å²) in [4.78, 5) is 37.6. The monoisotopic (exact) mass is 541 g/mol. The molecule has 1 N–H and O–H groups in total. The molecule has 39 heavy (non-hydrogen) atoms. The fourth-order valence-corrected chi connectivity index (χ4v) is 5.53. The van der Waals surface area contributed by atoms with Gasteiger partial charge >= 0.3 is 0 Å². The Hall–Kier alpha value is -4.50. The number of hydrogen-bond donors (Lipinski definition) is 1. The molecule has 0 saturated heterocycles. The van der Waals surface area contributed by atoms with Crippen molar-refractivity contribution in [3.8, 4) is 11.5 Å². The summed E-state index contributed by atoms with van der Waals surface area (Å²) < 4.78 is 11.6. The second-order valence-electron chi connectivity index (χ2n) is 9.12. The number of carbonyl (C=O) groups is 2. The Bertz CT molecular complexity index is 1550. The van der Waals surface area contributed by atoms with Crippen molar-refractivity contribution in [1.82, 2.24) is 14.9 Å². The predicted octanol–water partition coefficient (Wildman–Crippen LogP) is 5.52. The van der Waals surface area contributed by atoms with Gasteiger partial charge in [-0.05, 0) is 48.7 Å². The number of carbonyl (C=O) groups excluding carboxylic acids is 2. The van der Waals surface area contributed by atoms with Crippen molar-refractivity contribution in [2.75, 3.05) is 7.11 Å². The number of ether oxygens (including phenoxy) is 2. The highest BCUT2D eigenvalue weighted by Crippen LogP contribution is 2.43. The van der Waals surface area contributed by atoms with E-state index in [2.05, 4.69) is 9.97 Å². The number of nitrogens with zero attached hydrogens (tertiary/aromatic N) is 3. The molecule has 1 aliphatic rings. The molecule has 0 spiro atoms. The van der Waals surface area contributed by atoms with E-state index >= 15 is 0 Å². The highest BCUT2D eigenvalue weighted by Gasteiger charge is 2.44. The third-order valence-electron chi connectivity index (χ3n) is 6.47. The minimum Gasteiger partial charge on any atom is -0.503 e. The van der Waals surface area contributed by atoms with Crippen molar-refractivity contribution in [3.63, 3.8) is 0 Å². The minimum atomic E-state index is -0.857. The molecule has 5 rings (SSSR count). The Balaban J connectivity index is 1.55. The highest BCUT2D eigenvalue weighted by atomic mass is 32.1. The first kappa shape index (κ1) is 26.1. The van der Waals surface area contributed by atoms with Crippen LogP contribution in [0.1, 0.15) is 43.1 Å². The number of aryl methyl sites for hydroxylation is 2. The number of methoxy groups -OCH3 is 1. The molecule has 3 heterocycles. The lowest BCUT2D eigenvalue weighted by molar-refractivity contribution is -0.130. The van der Waals surface area contributed by atoms with E-state index in [0.29, 0.717) is 34.2 Å². The van der Waals surface area contributed by atoms with Crippen LogP contribution in [0.2, 0.25) is 0 Å². The molecular formula is C30H27N3O5S. The van der Waals surface area contributed by atoms with Crippen LogP contribution in [0.5, 0.6) is 11.5 Å². The van der Waals surface area contributed by atoms with Crippen LogP contribution in [0.4, 0.5) is 0 Å². The van der Waals surface area contributed by atoms with Gasteiger partial charge in [0.25, 0.3) is 5.91 Å². The van der Waals surface area contributed by atoms with Crippen LogP contribution < -0.4 is 9.47 Å². The van der Waals surface area contributed by atoms with Gasteiger partial charge in [0.15, 0.2) is 17.3 Å². The molecule has 1 unspecified atom stereocenters. The van der Waals surface area contributed by atoms with Crippen molar-refractivity contribution in [1.29, 1.82) is 0 Å². The number of pyridine rings is 1. The first-order valence-corrected chi connectivity index (χ1v) is 13.2. The summed E-state index contributed by atoms with van der Waals surface area (Å²) in [5.74, 6) is -0.661. The molecular weight excluding hydrogens is 514 g/mol. The lowest BCUT2D eigenvalue weighted by atomic mass is 9.94. The summed E-state index contributed by atoms with van der Waals surface area (Å²) in [6.45, 7) is 4.05. The van der Waals surface area contributed by atoms with Crippen LogP contribution in [0.15, 0.2) is 84.4 Å². The maximum absolute atomic E-state index is 13.8. The number of benzene rings is 2. The van der Waals surface area contributed by atoms with Crippen molar-refractivity contribution in [3.05, 3.63) is 117 Å². The Morgan fingerprint density at radius 1 is 1.05 bits per heavy atom. The molecule has 2 aromatic heterocycles. The summed E-state index contributed by atoms with van der Waals surface area (Å²) in [5.41, 5.74) is 2.93. The largest absolute Gasteiger partial charge is 0.503 e. The standard InChI is InChI=1S/C30H27N3O5S/c1-18-29(39-19(2)32-18)27(34)25-26(33(30(36)28(25)35)16-21-10-7-13-31-15-21)22-11-12-23(24(14-22)37-3)38-17-20-8-5-4-6-9-20/h4-15,26,35H,16-17H2,1-3H3. The first-order chi connectivity index (χ1) is 18.9. The van der Waals surface area contributed by atoms with E-state index in [1.165, 1.54) is 23.3 Å². The molecule has 1 amide bonds. The zero-order valence-corrected chi connectivity index (χ0v) is 22.6. The number of aliphatic hydroxyl groups is 1. The number of aromatic nitrogens is 2. The van der Waals surface area contributed by atoms with Crippen LogP contribution in [-0.4, -0.2) is 38.8 Å². The number of hydrogen-bond acceptors (Lipinski definition) is 8. The maximum atomic E-state index is 13.8. The van der Waals surface area contributed by atoms with Crippen LogP contribution in [0.25, 0.3) is 0 Å². The van der Waals surface area contributed by atoms with Gasteiger partial charge in [0, 0.05) is 18.9 Å². The molecule has 9 heteroatoms. The van der Waals surface area contributed by atoms with Gasteiger partial charge in [-0.3, -0.25) is 14.6 Å². The Kier molecular flexibility index (Phi) is 7.42. The first-order valence-electron chi connectivity index (χ1n) is 12.3. The van der Waals surface area contributed by atoms with Gasteiger partial charge in [0.05, 0.1) is 34.3 Å². The third-order valence-corrected chi connectivity index (χ3v) is 7.55. The zero-order valence-electron chi connectivity index (χ0n) is 21.7. The minimum absolute atomic E-state index is 0.00986. The molecule has 4 aromatic rings. The van der Waals surface area contributed by atoms with Gasteiger partial charge in [-0.25, -0.2) is 4.98 Å². The molecule has 198 valence electrons. The molecule has 8 nitrogen and oxygen atoms in total. The smallest absolute Gasteiger partial charge is 0.290 e. The highest BCUT2D eigenvalue weighted by molar-refractivity contribution is 7.14. The predicted molar refractivity (Wildman–Crippen MR) is 147 cm³/mol. The Morgan fingerprint density at radius 2 is 1.82 bits per heavy atom. The molecule has 0 fully saturated rings. The third kappa shape index (κ3) is 5.26. The number of amides is 1. The van der Waals surface area contributed by atoms with Crippen LogP contribution in [0, 0.1) is 13.8 Å². The fraction of sp³-hybridized carbons (Fsp3) is 0.200. The molecule has 1 atom stereocenters. The van der Waals surface area contributed by atoms with Gasteiger partial charge in [0.2, 0.25) is 5.78 Å². The quantitative estimate of drug-likeness (QED) is 0.278. The molecule has 0 aliphatic carbocycles. The van der Waals surface area contributed by atoms with Gasteiger partial charge < -0.3 is 19.5 Å². The van der Waals surface area contributed by atoms with Crippen LogP contribution >= 0.6 is 11.3 Å². The van der Waals surface area contributed by atoms with E-state index in [-0.39, 0.29) is 12.1 Å². The van der Waals surface area contributed by atoms with E-state index in [0.717, 1.165) is 16.1 Å². The maximum Gasteiger partial charge on any atom is 0.290 e. The van der Waals surface area contributed by atoms with E-state index in [4.69, 9.17) is 9.47 Å². The molecule has 0 bridgehead atoms. The fourth-order valence-electron chi connectivity index (χ4n) is 4.66. The Morgan fingerprint density at radius 3 is 2.49 bits per heavy atom. The topological polar surface area (TPSA) is 102 Å². The van der Waals surface area contributed by atoms with Gasteiger partial charge in [0.1, 0.15) is 6.61 Å². The van der Waals surface area contributed by atoms with Gasteiger partial charge in [-0.1, -0.05) is 42.5 Å². The number of rotatable bonds is 9. The lowest BCUT2D eigenvalue weighted by Gasteiger charge is -2.27. The van der Waals surface area contributed by atoms with E-state index in [1.54, 1.807) is 43.6 Å². The normalized spacial score (nSPS) is 15.1. The SMILES string of the molecule is COc1cc(C2C(C(=O)c3sc(C)nc3C)=C(O)C(=O)N2Cc2cccnc2)ccc1OCc1ccccc1. The summed E-state index contributed by atoms with van der Waals surface area (Å²) in [5, 5.41) is 11.8. The summed E-state index contributed by atoms with van der Waals surface area (Å²) in [7, 11) is 1.53. The summed E-state index contributed by atoms with van der Waals surface area (Å²) in [6.07, 6.45) is 3.30. The molecule has 2 aromatic carbocycles. The number of ketones is 1. The van der Waals surface area contributed by atoms with Crippen molar-refractivity contribution in [2.24, 2.45) is 0 Å². The van der Waals surface area contributed by atoms with Gasteiger partial charge in [-0.15, -0.1) is 11.3 Å². The number of thiazole rings is 1. The number of Topliss-reactive ketones (excluding diaryl/α,β-unsaturated/α-hetero) is 1. The van der Waals surface area contributed by atoms with Crippen molar-refractivity contribution >= 4 is 23.0 Å². The number of aliphatic hydroxyl groups excluding tert-OH is 1. The van der Waals surface area contributed by atoms with E-state index in [9.17, 15) is 14.7 Å². The summed E-state index contributed by atoms with van der Waals surface area (Å²) in [6, 6.07) is 17.8. The van der Waals surface area contributed by atoms with Crippen molar-refractivity contribution < 1.29 is 24.2 Å². The molecule has 0 saturated carbocycles. The molecule has 0 radical (unpaired) electrons. The Labute approximate surface area is 230 Å². The molecule has 1 aliphatic heterocycles. The zero-order chi connectivity index (χ0) is 27.5. The average Bonchev–Trinajstić information content (AvgIpc) is 3.42. The van der Waals surface area contributed by atoms with Crippen LogP contribution in [-0.2, 0) is 17.9 Å². The second kappa shape index (κ2) is 11.1. The summed E-state index contributed by atoms with van der Waals surface area (Å²) >= 11 is 1.24. The van der Waals surface area contributed by atoms with E-state index in [1.807, 2.05) is 43.3 Å². The van der Waals surface area contributed by atoms with Crippen LogP contribution in [0.3, 0.4) is 0 Å². The average molecular weight is 542 g/mol. The van der Waals surface area contributed by atoms with Gasteiger partial charge in [-0.2, -0.15) is 0 Å². The van der Waals surface area contributed by atoms with Crippen molar-refractivity contribution in [2.45, 2.75) is 33.0 Å². The van der Waals surface area contributed by atoms with E-state index < -0.39 is 23.5 Å².